The van der Waals surface area contributed by atoms with E-state index < -0.39 is 0 Å². The lowest BCUT2D eigenvalue weighted by Gasteiger charge is -2.19. The Bertz CT molecular complexity index is 1130. The predicted octanol–water partition coefficient (Wildman–Crippen LogP) is 5.00. The summed E-state index contributed by atoms with van der Waals surface area (Å²) in [5.41, 5.74) is 5.14. The van der Waals surface area contributed by atoms with Gasteiger partial charge in [0.2, 0.25) is 0 Å². The molecule has 0 aliphatic carbocycles. The normalized spacial score (nSPS) is 11.1. The van der Waals surface area contributed by atoms with E-state index in [4.69, 9.17) is 4.42 Å². The van der Waals surface area contributed by atoms with Crippen molar-refractivity contribution in [1.29, 1.82) is 0 Å². The third kappa shape index (κ3) is 3.56. The lowest BCUT2D eigenvalue weighted by molar-refractivity contribution is 0.0775. The fraction of sp³-hybridized carbons (Fsp3) is 0.174. The average Bonchev–Trinajstić information content (AvgIpc) is 3.25. The number of carbonyl (C=O) groups excluding carboxylic acids is 1. The van der Waals surface area contributed by atoms with Crippen LogP contribution in [0.25, 0.3) is 11.1 Å². The largest absolute Gasteiger partial charge is 0.463 e. The first-order valence-electron chi connectivity index (χ1n) is 9.13. The van der Waals surface area contributed by atoms with Gasteiger partial charge in [0.25, 0.3) is 5.91 Å². The molecule has 0 spiro atoms. The van der Waals surface area contributed by atoms with Gasteiger partial charge in [-0.1, -0.05) is 42.0 Å². The fourth-order valence-corrected chi connectivity index (χ4v) is 3.38. The predicted molar refractivity (Wildman–Crippen MR) is 107 cm³/mol. The molecule has 0 radical (unpaired) electrons. The zero-order valence-electron chi connectivity index (χ0n) is 15.9. The summed E-state index contributed by atoms with van der Waals surface area (Å²) in [7, 11) is 1.72. The monoisotopic (exact) mass is 376 g/mol. The van der Waals surface area contributed by atoms with E-state index in [9.17, 15) is 9.18 Å². The maximum Gasteiger partial charge on any atom is 0.270 e. The minimum Gasteiger partial charge on any atom is -0.463 e. The molecule has 0 aliphatic rings. The molecule has 2 aromatic carbocycles. The number of aryl methyl sites for hydroxylation is 1. The second kappa shape index (κ2) is 7.35. The third-order valence-corrected chi connectivity index (χ3v) is 4.86. The van der Waals surface area contributed by atoms with E-state index in [0.717, 1.165) is 16.6 Å². The molecule has 1 amide bonds. The molecular formula is C23H21FN2O2. The summed E-state index contributed by atoms with van der Waals surface area (Å²) < 4.78 is 20.9. The summed E-state index contributed by atoms with van der Waals surface area (Å²) in [4.78, 5) is 14.7. The van der Waals surface area contributed by atoms with Gasteiger partial charge < -0.3 is 13.9 Å². The van der Waals surface area contributed by atoms with Crippen LogP contribution in [0.1, 0.15) is 27.2 Å². The molecule has 4 rings (SSSR count). The van der Waals surface area contributed by atoms with Gasteiger partial charge in [-0.15, -0.1) is 0 Å². The fourth-order valence-electron chi connectivity index (χ4n) is 3.38. The molecule has 0 fully saturated rings. The van der Waals surface area contributed by atoms with E-state index in [1.54, 1.807) is 30.3 Å². The van der Waals surface area contributed by atoms with Gasteiger partial charge in [0.05, 0.1) is 11.8 Å². The summed E-state index contributed by atoms with van der Waals surface area (Å²) in [5, 5.41) is 0. The summed E-state index contributed by atoms with van der Waals surface area (Å²) in [6.07, 6.45) is 1.63. The van der Waals surface area contributed by atoms with Gasteiger partial charge in [0, 0.05) is 32.3 Å². The highest BCUT2D eigenvalue weighted by molar-refractivity contribution is 5.97. The Morgan fingerprint density at radius 2 is 1.86 bits per heavy atom. The van der Waals surface area contributed by atoms with Crippen LogP contribution in [0.5, 0.6) is 0 Å². The van der Waals surface area contributed by atoms with Gasteiger partial charge in [0.1, 0.15) is 11.5 Å². The number of furan rings is 1. The summed E-state index contributed by atoms with van der Waals surface area (Å²) in [5.74, 6) is -0.443. The number of amides is 1. The van der Waals surface area contributed by atoms with Crippen LogP contribution in [-0.2, 0) is 13.1 Å². The second-order valence-corrected chi connectivity index (χ2v) is 7.06. The van der Waals surface area contributed by atoms with Crippen molar-refractivity contribution in [1.82, 2.24) is 9.47 Å². The molecule has 0 unspecified atom stereocenters. The van der Waals surface area contributed by atoms with E-state index in [-0.39, 0.29) is 11.7 Å². The maximum absolute atomic E-state index is 13.5. The first kappa shape index (κ1) is 18.0. The molecule has 142 valence electrons. The number of aromatic nitrogens is 1. The van der Waals surface area contributed by atoms with Crippen LogP contribution in [0.2, 0.25) is 0 Å². The molecule has 4 nitrogen and oxygen atoms in total. The van der Waals surface area contributed by atoms with E-state index in [1.165, 1.54) is 17.7 Å². The van der Waals surface area contributed by atoms with Gasteiger partial charge >= 0.3 is 0 Å². The SMILES string of the molecule is Cc1ccc(Cn2c(C(=O)N(C)Cc3cccc(F)c3)cc3occc32)cc1. The average molecular weight is 376 g/mol. The molecule has 2 heterocycles. The van der Waals surface area contributed by atoms with E-state index >= 15 is 0 Å². The molecular weight excluding hydrogens is 355 g/mol. The molecule has 0 saturated heterocycles. The molecule has 28 heavy (non-hydrogen) atoms. The standard InChI is InChI=1S/C23H21FN2O2/c1-16-6-8-17(9-7-16)15-26-20-10-11-28-22(20)13-21(26)23(27)25(2)14-18-4-3-5-19(24)12-18/h3-13H,14-15H2,1-2H3. The molecule has 0 saturated carbocycles. The van der Waals surface area contributed by atoms with Crippen molar-refractivity contribution in [2.24, 2.45) is 0 Å². The minimum atomic E-state index is -0.307. The Balaban J connectivity index is 1.64. The number of halogens is 1. The van der Waals surface area contributed by atoms with Crippen molar-refractivity contribution < 1.29 is 13.6 Å². The molecule has 0 bridgehead atoms. The van der Waals surface area contributed by atoms with Gasteiger partial charge in [0.15, 0.2) is 5.58 Å². The van der Waals surface area contributed by atoms with Crippen LogP contribution < -0.4 is 0 Å². The zero-order chi connectivity index (χ0) is 19.7. The third-order valence-electron chi connectivity index (χ3n) is 4.86. The van der Waals surface area contributed by atoms with Gasteiger partial charge in [-0.25, -0.2) is 4.39 Å². The molecule has 5 heteroatoms. The van der Waals surface area contributed by atoms with Crippen LogP contribution in [0.3, 0.4) is 0 Å². The first-order chi connectivity index (χ1) is 13.5. The number of hydrogen-bond donors (Lipinski definition) is 0. The van der Waals surface area contributed by atoms with Crippen LogP contribution in [0.4, 0.5) is 4.39 Å². The molecule has 0 N–H and O–H groups in total. The molecule has 0 atom stereocenters. The topological polar surface area (TPSA) is 38.4 Å². The van der Waals surface area contributed by atoms with Crippen LogP contribution in [0, 0.1) is 12.7 Å². The van der Waals surface area contributed by atoms with Crippen molar-refractivity contribution in [2.45, 2.75) is 20.0 Å². The van der Waals surface area contributed by atoms with Crippen LogP contribution in [0.15, 0.2) is 71.3 Å². The highest BCUT2D eigenvalue weighted by Crippen LogP contribution is 2.24. The maximum atomic E-state index is 13.5. The van der Waals surface area contributed by atoms with Crippen molar-refractivity contribution in [2.75, 3.05) is 7.05 Å². The summed E-state index contributed by atoms with van der Waals surface area (Å²) in [6.45, 7) is 2.94. The number of benzene rings is 2. The Labute approximate surface area is 162 Å². The molecule has 4 aromatic rings. The Hall–Kier alpha value is -3.34. The lowest BCUT2D eigenvalue weighted by Crippen LogP contribution is -2.28. The smallest absolute Gasteiger partial charge is 0.270 e. The van der Waals surface area contributed by atoms with Crippen molar-refractivity contribution in [3.8, 4) is 0 Å². The van der Waals surface area contributed by atoms with Crippen LogP contribution >= 0.6 is 0 Å². The summed E-state index contributed by atoms with van der Waals surface area (Å²) >= 11 is 0. The van der Waals surface area contributed by atoms with Crippen molar-refractivity contribution >= 4 is 17.0 Å². The minimum absolute atomic E-state index is 0.136. The highest BCUT2D eigenvalue weighted by atomic mass is 19.1. The zero-order valence-corrected chi connectivity index (χ0v) is 15.9. The number of rotatable bonds is 5. The number of nitrogens with zero attached hydrogens (tertiary/aromatic N) is 2. The molecule has 0 aliphatic heterocycles. The van der Waals surface area contributed by atoms with Gasteiger partial charge in [-0.05, 0) is 30.2 Å². The first-order valence-corrected chi connectivity index (χ1v) is 9.13. The number of hydrogen-bond acceptors (Lipinski definition) is 2. The van der Waals surface area contributed by atoms with Crippen molar-refractivity contribution in [3.63, 3.8) is 0 Å². The Morgan fingerprint density at radius 3 is 2.61 bits per heavy atom. The van der Waals surface area contributed by atoms with Gasteiger partial charge in [-0.3, -0.25) is 4.79 Å². The lowest BCUT2D eigenvalue weighted by atomic mass is 10.1. The Kier molecular flexibility index (Phi) is 4.74. The van der Waals surface area contributed by atoms with Crippen LogP contribution in [-0.4, -0.2) is 22.4 Å². The molecule has 2 aromatic heterocycles. The van der Waals surface area contributed by atoms with E-state index in [0.29, 0.717) is 24.4 Å². The van der Waals surface area contributed by atoms with Gasteiger partial charge in [-0.2, -0.15) is 0 Å². The number of carbonyl (C=O) groups is 1. The Morgan fingerprint density at radius 1 is 1.07 bits per heavy atom. The summed E-state index contributed by atoms with van der Waals surface area (Å²) in [6, 6.07) is 18.2. The number of fused-ring (bicyclic) bond motifs is 1. The van der Waals surface area contributed by atoms with E-state index in [1.807, 2.05) is 23.6 Å². The quantitative estimate of drug-likeness (QED) is 0.491. The van der Waals surface area contributed by atoms with Crippen molar-refractivity contribution in [3.05, 3.63) is 95.1 Å². The van der Waals surface area contributed by atoms with E-state index in [2.05, 4.69) is 24.3 Å². The highest BCUT2D eigenvalue weighted by Gasteiger charge is 2.21. The second-order valence-electron chi connectivity index (χ2n) is 7.06.